The molecule has 1 aliphatic heterocycles. The average molecular weight is 693 g/mol. The molecule has 0 spiro atoms. The minimum atomic E-state index is -2.27. The number of aromatic amines is 1. The fourth-order valence-electron chi connectivity index (χ4n) is 6.38. The van der Waals surface area contributed by atoms with Gasteiger partial charge in [-0.05, 0) is 65.9 Å². The Balaban J connectivity index is 0.944. The predicted molar refractivity (Wildman–Crippen MR) is 192 cm³/mol. The summed E-state index contributed by atoms with van der Waals surface area (Å²) in [6.07, 6.45) is 0.663. The van der Waals surface area contributed by atoms with Crippen LogP contribution in [0.3, 0.4) is 0 Å². The number of carbonyl (C=O) groups is 2. The molecular weight excluding hydrogens is 652 g/mol. The van der Waals surface area contributed by atoms with Crippen LogP contribution in [0.5, 0.6) is 11.5 Å². The van der Waals surface area contributed by atoms with Crippen LogP contribution in [0.4, 0.5) is 5.69 Å². The number of carboxylic acid groups (broad SMARTS) is 1. The lowest BCUT2D eigenvalue weighted by Gasteiger charge is -2.33. The van der Waals surface area contributed by atoms with E-state index in [4.69, 9.17) is 4.74 Å². The number of aliphatic carboxylic acids is 1. The summed E-state index contributed by atoms with van der Waals surface area (Å²) >= 11 is 0. The zero-order chi connectivity index (χ0) is 36.0. The molecule has 4 aromatic carbocycles. The highest BCUT2D eigenvalue weighted by atomic mass is 16.5. The van der Waals surface area contributed by atoms with Gasteiger partial charge in [-0.2, -0.15) is 0 Å². The van der Waals surface area contributed by atoms with E-state index in [0.29, 0.717) is 36.1 Å². The van der Waals surface area contributed by atoms with Crippen LogP contribution in [0, 0.1) is 0 Å². The molecule has 1 saturated heterocycles. The molecule has 51 heavy (non-hydrogen) atoms. The number of carboxylic acids is 1. The summed E-state index contributed by atoms with van der Waals surface area (Å²) in [4.78, 5) is 41.1. The van der Waals surface area contributed by atoms with Crippen molar-refractivity contribution in [2.24, 2.45) is 0 Å². The number of nitrogens with one attached hydrogen (secondary N) is 3. The number of fused-ring (bicyclic) bond motifs is 1. The smallest absolute Gasteiger partial charge is 0.345 e. The van der Waals surface area contributed by atoms with Crippen LogP contribution in [-0.4, -0.2) is 74.5 Å². The number of hydrogen-bond acceptors (Lipinski definition) is 9. The Hall–Kier alpha value is -5.69. The van der Waals surface area contributed by atoms with E-state index in [9.17, 15) is 34.8 Å². The lowest BCUT2D eigenvalue weighted by Crippen LogP contribution is -2.44. The monoisotopic (exact) mass is 692 g/mol. The van der Waals surface area contributed by atoms with Crippen molar-refractivity contribution >= 4 is 28.5 Å². The van der Waals surface area contributed by atoms with Crippen LogP contribution in [0.1, 0.15) is 41.2 Å². The van der Waals surface area contributed by atoms with E-state index >= 15 is 0 Å². The minimum Gasteiger partial charge on any atom is -0.506 e. The third-order valence-corrected chi connectivity index (χ3v) is 9.22. The number of H-pyrrole nitrogens is 1. The maximum atomic E-state index is 13.0. The van der Waals surface area contributed by atoms with Crippen molar-refractivity contribution in [3.8, 4) is 11.5 Å². The van der Waals surface area contributed by atoms with Crippen LogP contribution in [0.2, 0.25) is 0 Å². The maximum Gasteiger partial charge on any atom is 0.345 e. The van der Waals surface area contributed by atoms with Gasteiger partial charge in [-0.15, -0.1) is 0 Å². The number of aliphatic hydroxyl groups excluding tert-OH is 1. The number of aromatic hydroxyl groups is 1. The molecule has 0 unspecified atom stereocenters. The molecule has 12 nitrogen and oxygen atoms in total. The number of rotatable bonds is 13. The van der Waals surface area contributed by atoms with E-state index in [0.717, 1.165) is 24.1 Å². The second-order valence-corrected chi connectivity index (χ2v) is 12.6. The Morgan fingerprint density at radius 3 is 2.37 bits per heavy atom. The number of amides is 1. The van der Waals surface area contributed by atoms with Gasteiger partial charge in [-0.25, -0.2) is 4.79 Å². The molecule has 2 heterocycles. The van der Waals surface area contributed by atoms with E-state index in [1.54, 1.807) is 59.5 Å². The predicted octanol–water partition coefficient (Wildman–Crippen LogP) is 3.86. The van der Waals surface area contributed by atoms with Gasteiger partial charge >= 0.3 is 5.97 Å². The molecule has 0 radical (unpaired) electrons. The maximum absolute atomic E-state index is 13.0. The fourth-order valence-corrected chi connectivity index (χ4v) is 6.38. The number of phenols is 1. The number of phenolic OH excluding ortho intramolecular Hbond substituents is 1. The number of nitrogens with zero attached hydrogens (tertiary/aromatic N) is 1. The Bertz CT molecular complexity index is 2040. The second kappa shape index (κ2) is 15.5. The number of carbonyl (C=O) groups excluding carboxylic acids is 1. The SMILES string of the molecule is O=C(COc1cccc([C@](O)(C(=O)O)c2ccccc2)c1)N1CCC(Nc2ccc(CNC[C@H](O)c3ccc(O)c4[nH]c(=O)ccc34)cc2)CC1. The topological polar surface area (TPSA) is 184 Å². The molecule has 1 aromatic heterocycles. The molecule has 1 aliphatic rings. The third kappa shape index (κ3) is 8.04. The number of pyridine rings is 1. The van der Waals surface area contributed by atoms with Gasteiger partial charge in [0.05, 0.1) is 11.6 Å². The highest BCUT2D eigenvalue weighted by Crippen LogP contribution is 2.32. The summed E-state index contributed by atoms with van der Waals surface area (Å²) in [5.74, 6) is -1.36. The Morgan fingerprint density at radius 1 is 0.922 bits per heavy atom. The standard InChI is InChI=1S/C39H40N4O8/c44-33-15-13-31(32-14-16-35(46)42-37(32)33)34(45)23-40-22-25-9-11-28(12-10-25)41-29-17-19-43(20-18-29)36(47)24-51-30-8-4-7-27(21-30)39(50,38(48)49)26-5-2-1-3-6-26/h1-16,21,29,34,40-41,44-45,50H,17-20,22-24H2,(H,42,46)(H,48,49)/t34-,39-/m0/s1. The van der Waals surface area contributed by atoms with E-state index in [2.05, 4.69) is 15.6 Å². The summed E-state index contributed by atoms with van der Waals surface area (Å²) < 4.78 is 5.74. The molecule has 5 aromatic rings. The first-order chi connectivity index (χ1) is 24.6. The molecule has 1 amide bonds. The van der Waals surface area contributed by atoms with Crippen molar-refractivity contribution in [2.45, 2.75) is 37.1 Å². The number of anilines is 1. The van der Waals surface area contributed by atoms with E-state index < -0.39 is 17.7 Å². The highest BCUT2D eigenvalue weighted by Gasteiger charge is 2.40. The summed E-state index contributed by atoms with van der Waals surface area (Å²) in [5, 5.41) is 49.3. The van der Waals surface area contributed by atoms with Gasteiger partial charge in [-0.1, -0.05) is 60.7 Å². The quantitative estimate of drug-likeness (QED) is 0.0957. The molecule has 6 rings (SSSR count). The zero-order valence-electron chi connectivity index (χ0n) is 27.8. The fraction of sp³-hybridized carbons (Fsp3) is 0.256. The Morgan fingerprint density at radius 2 is 1.65 bits per heavy atom. The first-order valence-electron chi connectivity index (χ1n) is 16.7. The van der Waals surface area contributed by atoms with Crippen molar-refractivity contribution in [2.75, 3.05) is 31.6 Å². The second-order valence-electron chi connectivity index (χ2n) is 12.6. The van der Waals surface area contributed by atoms with Gasteiger partial charge in [0.1, 0.15) is 11.5 Å². The number of benzene rings is 4. The summed E-state index contributed by atoms with van der Waals surface area (Å²) in [6.45, 7) is 1.71. The Labute approximate surface area is 294 Å². The first-order valence-corrected chi connectivity index (χ1v) is 16.7. The molecule has 2 atom stereocenters. The van der Waals surface area contributed by atoms with E-state index in [1.807, 2.05) is 24.3 Å². The van der Waals surface area contributed by atoms with Crippen LogP contribution >= 0.6 is 0 Å². The molecule has 7 N–H and O–H groups in total. The van der Waals surface area contributed by atoms with Gasteiger partial charge in [-0.3, -0.25) is 9.59 Å². The number of aromatic nitrogens is 1. The number of aliphatic hydroxyl groups is 2. The van der Waals surface area contributed by atoms with Crippen LogP contribution in [-0.2, 0) is 21.7 Å². The van der Waals surface area contributed by atoms with Crippen molar-refractivity contribution in [1.29, 1.82) is 0 Å². The number of ether oxygens (including phenoxy) is 1. The summed E-state index contributed by atoms with van der Waals surface area (Å²) in [6, 6.07) is 28.6. The van der Waals surface area contributed by atoms with Crippen molar-refractivity contribution < 1.29 is 34.8 Å². The summed E-state index contributed by atoms with van der Waals surface area (Å²) in [5.41, 5.74) is 0.642. The largest absolute Gasteiger partial charge is 0.506 e. The minimum absolute atomic E-state index is 0.0520. The first kappa shape index (κ1) is 35.1. The molecule has 12 heteroatoms. The van der Waals surface area contributed by atoms with Gasteiger partial charge in [0, 0.05) is 54.9 Å². The van der Waals surface area contributed by atoms with Gasteiger partial charge in [0.2, 0.25) is 11.2 Å². The molecule has 1 fully saturated rings. The van der Waals surface area contributed by atoms with E-state index in [1.165, 1.54) is 24.3 Å². The Kier molecular flexibility index (Phi) is 10.7. The van der Waals surface area contributed by atoms with Gasteiger partial charge < -0.3 is 45.7 Å². The van der Waals surface area contributed by atoms with Crippen LogP contribution in [0.15, 0.2) is 108 Å². The number of likely N-dealkylation sites (tertiary alicyclic amines) is 1. The third-order valence-electron chi connectivity index (χ3n) is 9.22. The molecule has 0 saturated carbocycles. The van der Waals surface area contributed by atoms with Crippen molar-refractivity contribution in [1.82, 2.24) is 15.2 Å². The molecule has 264 valence electrons. The molecular formula is C39H40N4O8. The van der Waals surface area contributed by atoms with Gasteiger partial charge in [0.15, 0.2) is 6.61 Å². The average Bonchev–Trinajstić information content (AvgIpc) is 3.15. The van der Waals surface area contributed by atoms with Crippen LogP contribution in [0.25, 0.3) is 10.9 Å². The van der Waals surface area contributed by atoms with E-state index in [-0.39, 0.29) is 53.3 Å². The van der Waals surface area contributed by atoms with Crippen molar-refractivity contribution in [3.63, 3.8) is 0 Å². The molecule has 0 aliphatic carbocycles. The lowest BCUT2D eigenvalue weighted by atomic mass is 9.86. The number of hydrogen-bond donors (Lipinski definition) is 7. The normalized spacial score (nSPS) is 15.2. The number of piperidine rings is 1. The summed E-state index contributed by atoms with van der Waals surface area (Å²) in [7, 11) is 0. The van der Waals surface area contributed by atoms with Crippen molar-refractivity contribution in [3.05, 3.63) is 136 Å². The molecule has 0 bridgehead atoms. The zero-order valence-corrected chi connectivity index (χ0v) is 27.8. The van der Waals surface area contributed by atoms with Crippen LogP contribution < -0.4 is 20.9 Å². The lowest BCUT2D eigenvalue weighted by molar-refractivity contribution is -0.155. The van der Waals surface area contributed by atoms with Gasteiger partial charge in [0.25, 0.3) is 5.91 Å². The highest BCUT2D eigenvalue weighted by molar-refractivity contribution is 5.87.